The van der Waals surface area contributed by atoms with Crippen molar-refractivity contribution in [2.75, 3.05) is 27.9 Å². The fraction of sp³-hybridized carbons (Fsp3) is 0.773. The van der Waals surface area contributed by atoms with Crippen LogP contribution in [-0.4, -0.2) is 126 Å². The van der Waals surface area contributed by atoms with Gasteiger partial charge in [-0.1, -0.05) is 44.6 Å². The lowest BCUT2D eigenvalue weighted by molar-refractivity contribution is -0.302. The molecule has 3 N–H and O–H groups in total. The second-order valence-electron chi connectivity index (χ2n) is 17.3. The maximum absolute atomic E-state index is 14.3. The number of fused-ring (bicyclic) bond motifs is 3. The summed E-state index contributed by atoms with van der Waals surface area (Å²) in [5.41, 5.74) is 1.61. The van der Waals surface area contributed by atoms with Crippen molar-refractivity contribution in [3.05, 3.63) is 36.0 Å². The molecule has 1 amide bonds. The van der Waals surface area contributed by atoms with Gasteiger partial charge >= 0.3 is 5.97 Å². The number of amides is 1. The molecule has 0 aromatic carbocycles. The highest BCUT2D eigenvalue weighted by Gasteiger charge is 2.56. The number of piperidine rings is 1. The molecule has 0 spiro atoms. The number of hydrogen-bond acceptors (Lipinski definition) is 12. The van der Waals surface area contributed by atoms with Gasteiger partial charge in [-0.05, 0) is 95.5 Å². The van der Waals surface area contributed by atoms with Crippen LogP contribution in [0.4, 0.5) is 0 Å². The summed E-state index contributed by atoms with van der Waals surface area (Å²) in [6.07, 6.45) is 4.93. The SMILES string of the molecule is C=CC[C@@H]1/C=C(\C)C[C@H](C)CC(OC)[C@H]2O[C@@](O)(C(=O)C(=O)N3CCCC[C@H]3C(=O)OC(/C(C)=C/[C@@H]3CC[C@@H](O)[C@H](OC)C3)[C@H](C)[C@@H](O)CC1=O)[C@H](C)C[C@@H]2OC. The van der Waals surface area contributed by atoms with Crippen LogP contribution in [0.5, 0.6) is 0 Å². The Morgan fingerprint density at radius 1 is 0.930 bits per heavy atom. The van der Waals surface area contributed by atoms with E-state index >= 15 is 0 Å². The van der Waals surface area contributed by atoms with E-state index in [1.807, 2.05) is 32.9 Å². The normalized spacial score (nSPS) is 41.0. The van der Waals surface area contributed by atoms with E-state index in [0.717, 1.165) is 5.57 Å². The summed E-state index contributed by atoms with van der Waals surface area (Å²) in [5, 5.41) is 34.1. The monoisotopic (exact) mass is 803 g/mol. The molecule has 0 radical (unpaired) electrons. The third-order valence-electron chi connectivity index (χ3n) is 12.9. The number of Topliss-reactive ketones (excluding diaryl/α,β-unsaturated/α-hetero) is 2. The number of carbonyl (C=O) groups is 4. The van der Waals surface area contributed by atoms with Gasteiger partial charge in [-0.2, -0.15) is 0 Å². The van der Waals surface area contributed by atoms with E-state index in [-0.39, 0.29) is 49.5 Å². The molecule has 2 bridgehead atoms. The number of allylic oxidation sites excluding steroid dienone is 4. The number of aliphatic hydroxyl groups excluding tert-OH is 2. The topological polar surface area (TPSA) is 178 Å². The molecule has 0 aromatic rings. The molecule has 14 atom stereocenters. The van der Waals surface area contributed by atoms with Crippen LogP contribution in [-0.2, 0) is 42.9 Å². The Kier molecular flexibility index (Phi) is 17.2. The molecule has 13 heteroatoms. The van der Waals surface area contributed by atoms with E-state index < -0.39 is 83.9 Å². The molecule has 4 aliphatic rings. The molecule has 57 heavy (non-hydrogen) atoms. The summed E-state index contributed by atoms with van der Waals surface area (Å²) in [6, 6.07) is -1.14. The van der Waals surface area contributed by atoms with Crippen molar-refractivity contribution in [2.24, 2.45) is 29.6 Å². The average Bonchev–Trinajstić information content (AvgIpc) is 3.18. The van der Waals surface area contributed by atoms with Crippen molar-refractivity contribution in [1.82, 2.24) is 4.90 Å². The van der Waals surface area contributed by atoms with E-state index in [2.05, 4.69) is 6.58 Å². The molecule has 1 aliphatic carbocycles. The third-order valence-corrected chi connectivity index (χ3v) is 12.9. The summed E-state index contributed by atoms with van der Waals surface area (Å²) in [7, 11) is 4.61. The molecular weight excluding hydrogens is 734 g/mol. The van der Waals surface area contributed by atoms with Gasteiger partial charge in [0.05, 0.1) is 30.5 Å². The molecule has 2 saturated heterocycles. The highest BCUT2D eigenvalue weighted by Crippen LogP contribution is 2.39. The number of cyclic esters (lactones) is 1. The molecule has 3 aliphatic heterocycles. The van der Waals surface area contributed by atoms with Crippen LogP contribution in [0.1, 0.15) is 105 Å². The quantitative estimate of drug-likeness (QED) is 0.185. The average molecular weight is 804 g/mol. The van der Waals surface area contributed by atoms with Gasteiger partial charge in [-0.25, -0.2) is 4.79 Å². The predicted molar refractivity (Wildman–Crippen MR) is 213 cm³/mol. The van der Waals surface area contributed by atoms with Gasteiger partial charge in [0.2, 0.25) is 5.79 Å². The fourth-order valence-electron chi connectivity index (χ4n) is 9.42. The zero-order valence-corrected chi connectivity index (χ0v) is 35.4. The number of esters is 1. The summed E-state index contributed by atoms with van der Waals surface area (Å²) in [4.78, 5) is 57.8. The van der Waals surface area contributed by atoms with Crippen molar-refractivity contribution in [3.63, 3.8) is 0 Å². The highest BCUT2D eigenvalue weighted by atomic mass is 16.7. The van der Waals surface area contributed by atoms with E-state index in [4.69, 9.17) is 23.7 Å². The van der Waals surface area contributed by atoms with Crippen molar-refractivity contribution < 1.29 is 58.2 Å². The zero-order chi connectivity index (χ0) is 42.2. The molecule has 322 valence electrons. The minimum atomic E-state index is -2.51. The number of methoxy groups -OCH3 is 3. The maximum atomic E-state index is 14.3. The standard InChI is InChI=1S/C44H69NO12/c1-10-13-31-19-25(2)18-26(3)20-37(54-8)40-38(55-9)22-28(5)44(52,57-40)41(49)42(50)45-17-12-11-14-32(45)43(51)56-39(29(6)34(47)24-35(31)48)27(4)21-30-15-16-33(46)36(23-30)53-7/h10,19,21,26,28-34,36-40,46-47,52H,1,11-18,20,22-24H2,2-9H3/b25-19+,27-21+/t26-,28+,29+,30-,31+,32-,33+,34-,36+,37?,38-,39?,40+,44+/m0/s1. The first-order valence-corrected chi connectivity index (χ1v) is 20.9. The van der Waals surface area contributed by atoms with Crippen LogP contribution in [0.2, 0.25) is 0 Å². The molecule has 3 fully saturated rings. The van der Waals surface area contributed by atoms with Crippen LogP contribution in [0.25, 0.3) is 0 Å². The Bertz CT molecular complexity index is 1480. The summed E-state index contributed by atoms with van der Waals surface area (Å²) >= 11 is 0. The smallest absolute Gasteiger partial charge is 0.329 e. The van der Waals surface area contributed by atoms with E-state index in [1.165, 1.54) is 19.1 Å². The second-order valence-corrected chi connectivity index (χ2v) is 17.3. The highest BCUT2D eigenvalue weighted by molar-refractivity contribution is 6.39. The van der Waals surface area contributed by atoms with Crippen molar-refractivity contribution in [3.8, 4) is 0 Å². The first kappa shape index (κ1) is 46.9. The van der Waals surface area contributed by atoms with Gasteiger partial charge in [0.25, 0.3) is 11.7 Å². The van der Waals surface area contributed by atoms with E-state index in [9.17, 15) is 34.5 Å². The van der Waals surface area contributed by atoms with Crippen LogP contribution in [0.3, 0.4) is 0 Å². The van der Waals surface area contributed by atoms with Gasteiger partial charge in [0, 0.05) is 52.0 Å². The zero-order valence-electron chi connectivity index (χ0n) is 35.4. The lowest BCUT2D eigenvalue weighted by Gasteiger charge is -2.47. The van der Waals surface area contributed by atoms with Crippen LogP contribution < -0.4 is 0 Å². The molecule has 1 saturated carbocycles. The van der Waals surface area contributed by atoms with Crippen molar-refractivity contribution >= 4 is 23.4 Å². The number of hydrogen-bond donors (Lipinski definition) is 3. The van der Waals surface area contributed by atoms with Crippen molar-refractivity contribution in [2.45, 2.75) is 160 Å². The fourth-order valence-corrected chi connectivity index (χ4v) is 9.42. The second kappa shape index (κ2) is 21.0. The lowest BCUT2D eigenvalue weighted by atomic mass is 9.81. The first-order chi connectivity index (χ1) is 27.0. The van der Waals surface area contributed by atoms with Gasteiger partial charge in [0.15, 0.2) is 0 Å². The van der Waals surface area contributed by atoms with E-state index in [1.54, 1.807) is 27.0 Å². The van der Waals surface area contributed by atoms with Gasteiger partial charge in [0.1, 0.15) is 24.0 Å². The number of ketones is 2. The molecular formula is C44H69NO12. The molecule has 4 rings (SSSR count). The number of nitrogens with zero attached hydrogens (tertiary/aromatic N) is 1. The summed E-state index contributed by atoms with van der Waals surface area (Å²) < 4.78 is 29.7. The third kappa shape index (κ3) is 11.3. The molecule has 0 aromatic heterocycles. The maximum Gasteiger partial charge on any atom is 0.329 e. The Balaban J connectivity index is 1.78. The Labute approximate surface area is 339 Å². The lowest BCUT2D eigenvalue weighted by Crippen LogP contribution is -2.64. The van der Waals surface area contributed by atoms with Crippen LogP contribution >= 0.6 is 0 Å². The largest absolute Gasteiger partial charge is 0.456 e. The Morgan fingerprint density at radius 2 is 1.60 bits per heavy atom. The summed E-state index contributed by atoms with van der Waals surface area (Å²) in [5.74, 6) is -7.76. The van der Waals surface area contributed by atoms with E-state index in [0.29, 0.717) is 56.9 Å². The number of carbonyl (C=O) groups excluding carboxylic acids is 4. The van der Waals surface area contributed by atoms with Crippen molar-refractivity contribution in [1.29, 1.82) is 0 Å². The first-order valence-electron chi connectivity index (χ1n) is 20.9. The molecule has 2 unspecified atom stereocenters. The number of ether oxygens (including phenoxy) is 5. The molecule has 3 heterocycles. The molecule has 13 nitrogen and oxygen atoms in total. The Morgan fingerprint density at radius 3 is 2.25 bits per heavy atom. The summed E-state index contributed by atoms with van der Waals surface area (Å²) in [6.45, 7) is 13.1. The predicted octanol–water partition coefficient (Wildman–Crippen LogP) is 4.64. The van der Waals surface area contributed by atoms with Gasteiger partial charge in [-0.15, -0.1) is 6.58 Å². The van der Waals surface area contributed by atoms with Gasteiger partial charge < -0.3 is 43.9 Å². The minimum absolute atomic E-state index is 0.00988. The van der Waals surface area contributed by atoms with Gasteiger partial charge in [-0.3, -0.25) is 14.4 Å². The van der Waals surface area contributed by atoms with Crippen LogP contribution in [0, 0.1) is 29.6 Å². The van der Waals surface area contributed by atoms with Crippen LogP contribution in [0.15, 0.2) is 36.0 Å². The number of rotatable bonds is 7. The Hall–Kier alpha value is -2.78. The minimum Gasteiger partial charge on any atom is -0.456 e. The number of aliphatic hydroxyl groups is 3.